The van der Waals surface area contributed by atoms with Crippen molar-refractivity contribution in [2.75, 3.05) is 5.75 Å². The number of hydrogen-bond acceptors (Lipinski definition) is 5. The zero-order valence-electron chi connectivity index (χ0n) is 15.5. The summed E-state index contributed by atoms with van der Waals surface area (Å²) in [6.07, 6.45) is 0. The number of amides is 4. The van der Waals surface area contributed by atoms with E-state index >= 15 is 0 Å². The van der Waals surface area contributed by atoms with Crippen molar-refractivity contribution in [2.24, 2.45) is 5.73 Å². The first-order valence-corrected chi connectivity index (χ1v) is 9.30. The molecule has 7 nitrogen and oxygen atoms in total. The largest absolute Gasteiger partial charge is 0.366 e. The number of benzene rings is 1. The number of imide groups is 1. The van der Waals surface area contributed by atoms with Gasteiger partial charge in [-0.3, -0.25) is 14.9 Å². The smallest absolute Gasteiger partial charge is 0.321 e. The Balaban J connectivity index is 1.93. The van der Waals surface area contributed by atoms with Crippen LogP contribution in [0.5, 0.6) is 0 Å². The number of primary amides is 1. The van der Waals surface area contributed by atoms with E-state index in [9.17, 15) is 14.4 Å². The Kier molecular flexibility index (Phi) is 6.95. The molecule has 8 heteroatoms. The molecule has 0 aliphatic rings. The second kappa shape index (κ2) is 9.18. The van der Waals surface area contributed by atoms with Crippen LogP contribution in [-0.4, -0.2) is 28.6 Å². The molecule has 0 aliphatic carbocycles. The highest BCUT2D eigenvalue weighted by molar-refractivity contribution is 8.00. The predicted octanol–water partition coefficient (Wildman–Crippen LogP) is 2.22. The number of rotatable bonds is 6. The monoisotopic (exact) mass is 386 g/mol. The standard InChI is InChI=1S/C19H22N4O3S/c1-11-12(2)16(17(20)25)18(22-13(11)3)27-10-15(24)23-19(26)21-9-14-7-5-4-6-8-14/h4-8H,9-10H2,1-3H3,(H2,20,25)(H2,21,23,24,26). The molecule has 2 aromatic rings. The van der Waals surface area contributed by atoms with E-state index < -0.39 is 17.8 Å². The Morgan fingerprint density at radius 2 is 1.74 bits per heavy atom. The maximum Gasteiger partial charge on any atom is 0.321 e. The molecule has 1 aromatic heterocycles. The molecule has 0 aliphatic heterocycles. The maximum absolute atomic E-state index is 12.0. The molecule has 1 aromatic carbocycles. The average molecular weight is 386 g/mol. The predicted molar refractivity (Wildman–Crippen MR) is 105 cm³/mol. The van der Waals surface area contributed by atoms with Crippen molar-refractivity contribution < 1.29 is 14.4 Å². The summed E-state index contributed by atoms with van der Waals surface area (Å²) in [4.78, 5) is 40.0. The molecule has 0 fully saturated rings. The van der Waals surface area contributed by atoms with Gasteiger partial charge in [0.05, 0.1) is 11.3 Å². The van der Waals surface area contributed by atoms with Crippen LogP contribution in [0.15, 0.2) is 35.4 Å². The van der Waals surface area contributed by atoms with Crippen molar-refractivity contribution in [3.63, 3.8) is 0 Å². The summed E-state index contributed by atoms with van der Waals surface area (Å²) in [5.74, 6) is -1.14. The zero-order valence-corrected chi connectivity index (χ0v) is 16.3. The van der Waals surface area contributed by atoms with Crippen molar-refractivity contribution in [3.05, 3.63) is 58.3 Å². The molecule has 4 N–H and O–H groups in total. The van der Waals surface area contributed by atoms with Crippen molar-refractivity contribution in [1.82, 2.24) is 15.6 Å². The number of aryl methyl sites for hydroxylation is 1. The fourth-order valence-electron chi connectivity index (χ4n) is 2.42. The van der Waals surface area contributed by atoms with E-state index in [-0.39, 0.29) is 5.75 Å². The Morgan fingerprint density at radius 3 is 2.37 bits per heavy atom. The van der Waals surface area contributed by atoms with Crippen molar-refractivity contribution in [1.29, 1.82) is 0 Å². The highest BCUT2D eigenvalue weighted by Crippen LogP contribution is 2.26. The summed E-state index contributed by atoms with van der Waals surface area (Å²) >= 11 is 1.07. The third-order valence-corrected chi connectivity index (χ3v) is 5.07. The molecule has 0 unspecified atom stereocenters. The van der Waals surface area contributed by atoms with Crippen molar-refractivity contribution in [2.45, 2.75) is 32.3 Å². The topological polar surface area (TPSA) is 114 Å². The lowest BCUT2D eigenvalue weighted by atomic mass is 10.0. The molecule has 142 valence electrons. The van der Waals surface area contributed by atoms with Crippen molar-refractivity contribution >= 4 is 29.6 Å². The fraction of sp³-hybridized carbons (Fsp3) is 0.263. The second-order valence-electron chi connectivity index (χ2n) is 6.00. The SMILES string of the molecule is Cc1nc(SCC(=O)NC(=O)NCc2ccccc2)c(C(N)=O)c(C)c1C. The van der Waals surface area contributed by atoms with Crippen LogP contribution in [0.25, 0.3) is 0 Å². The summed E-state index contributed by atoms with van der Waals surface area (Å²) in [6.45, 7) is 5.80. The van der Waals surface area contributed by atoms with E-state index in [0.717, 1.165) is 34.1 Å². The summed E-state index contributed by atoms with van der Waals surface area (Å²) in [5, 5.41) is 5.26. The van der Waals surface area contributed by atoms with Gasteiger partial charge in [-0.15, -0.1) is 0 Å². The maximum atomic E-state index is 12.0. The molecule has 1 heterocycles. The third kappa shape index (κ3) is 5.55. The van der Waals surface area contributed by atoms with Crippen LogP contribution in [0, 0.1) is 20.8 Å². The van der Waals surface area contributed by atoms with Gasteiger partial charge in [-0.05, 0) is 37.5 Å². The van der Waals surface area contributed by atoms with Crippen LogP contribution < -0.4 is 16.4 Å². The summed E-state index contributed by atoms with van der Waals surface area (Å²) in [7, 11) is 0. The Hall–Kier alpha value is -2.87. The molecule has 4 amide bonds. The van der Waals surface area contributed by atoms with Gasteiger partial charge in [-0.2, -0.15) is 0 Å². The lowest BCUT2D eigenvalue weighted by molar-refractivity contribution is -0.117. The molecule has 27 heavy (non-hydrogen) atoms. The van der Waals surface area contributed by atoms with Gasteiger partial charge in [0, 0.05) is 12.2 Å². The quantitative estimate of drug-likeness (QED) is 0.659. The number of nitrogens with two attached hydrogens (primary N) is 1. The van der Waals surface area contributed by atoms with E-state index in [0.29, 0.717) is 17.1 Å². The van der Waals surface area contributed by atoms with Gasteiger partial charge in [-0.1, -0.05) is 42.1 Å². The summed E-state index contributed by atoms with van der Waals surface area (Å²) < 4.78 is 0. The van der Waals surface area contributed by atoms with Gasteiger partial charge >= 0.3 is 6.03 Å². The van der Waals surface area contributed by atoms with Gasteiger partial charge in [-0.25, -0.2) is 9.78 Å². The number of nitrogens with zero attached hydrogens (tertiary/aromatic N) is 1. The molecule has 0 spiro atoms. The van der Waals surface area contributed by atoms with Crippen LogP contribution in [0.1, 0.15) is 32.7 Å². The first-order chi connectivity index (χ1) is 12.8. The minimum atomic E-state index is -0.591. The van der Waals surface area contributed by atoms with E-state index in [1.807, 2.05) is 44.2 Å². The molecular formula is C19H22N4O3S. The summed E-state index contributed by atoms with van der Waals surface area (Å²) in [6, 6.07) is 8.78. The number of carbonyl (C=O) groups is 3. The number of aromatic nitrogens is 1. The number of thioether (sulfide) groups is 1. The summed E-state index contributed by atoms with van der Waals surface area (Å²) in [5.41, 5.74) is 9.10. The van der Waals surface area contributed by atoms with Crippen LogP contribution in [0.4, 0.5) is 4.79 Å². The van der Waals surface area contributed by atoms with Crippen LogP contribution >= 0.6 is 11.8 Å². The van der Waals surface area contributed by atoms with Gasteiger partial charge in [0.2, 0.25) is 5.91 Å². The average Bonchev–Trinajstić information content (AvgIpc) is 2.63. The van der Waals surface area contributed by atoms with Gasteiger partial charge in [0.1, 0.15) is 5.03 Å². The van der Waals surface area contributed by atoms with Crippen LogP contribution in [0.3, 0.4) is 0 Å². The van der Waals surface area contributed by atoms with E-state index in [1.54, 1.807) is 6.92 Å². The van der Waals surface area contributed by atoms with Crippen LogP contribution in [0.2, 0.25) is 0 Å². The molecule has 0 atom stereocenters. The molecule has 0 saturated carbocycles. The van der Waals surface area contributed by atoms with E-state index in [2.05, 4.69) is 15.6 Å². The first-order valence-electron chi connectivity index (χ1n) is 8.31. The highest BCUT2D eigenvalue weighted by Gasteiger charge is 2.18. The number of pyridine rings is 1. The first kappa shape index (κ1) is 20.4. The molecule has 2 rings (SSSR count). The van der Waals surface area contributed by atoms with E-state index in [4.69, 9.17) is 5.73 Å². The van der Waals surface area contributed by atoms with Gasteiger partial charge < -0.3 is 11.1 Å². The minimum Gasteiger partial charge on any atom is -0.366 e. The lowest BCUT2D eigenvalue weighted by Gasteiger charge is -2.13. The molecule has 0 bridgehead atoms. The highest BCUT2D eigenvalue weighted by atomic mass is 32.2. The van der Waals surface area contributed by atoms with Gasteiger partial charge in [0.25, 0.3) is 5.91 Å². The molecular weight excluding hydrogens is 364 g/mol. The van der Waals surface area contributed by atoms with Crippen LogP contribution in [-0.2, 0) is 11.3 Å². The van der Waals surface area contributed by atoms with Gasteiger partial charge in [0.15, 0.2) is 0 Å². The number of hydrogen-bond donors (Lipinski definition) is 3. The Labute approximate surface area is 162 Å². The Bertz CT molecular complexity index is 869. The number of urea groups is 1. The normalized spacial score (nSPS) is 10.3. The minimum absolute atomic E-state index is 0.0615. The van der Waals surface area contributed by atoms with Crippen molar-refractivity contribution in [3.8, 4) is 0 Å². The Morgan fingerprint density at radius 1 is 1.07 bits per heavy atom. The fourth-order valence-corrected chi connectivity index (χ4v) is 3.36. The van der Waals surface area contributed by atoms with E-state index in [1.165, 1.54) is 0 Å². The lowest BCUT2D eigenvalue weighted by Crippen LogP contribution is -2.40. The molecule has 0 saturated heterocycles. The number of nitrogens with one attached hydrogen (secondary N) is 2. The third-order valence-electron chi connectivity index (χ3n) is 4.10. The second-order valence-corrected chi connectivity index (χ2v) is 6.96. The number of carbonyl (C=O) groups excluding carboxylic acids is 3. The molecule has 0 radical (unpaired) electrons. The zero-order chi connectivity index (χ0) is 20.0.